The first-order valence-electron chi connectivity index (χ1n) is 7.23. The van der Waals surface area contributed by atoms with Crippen molar-refractivity contribution in [2.45, 2.75) is 6.61 Å². The summed E-state index contributed by atoms with van der Waals surface area (Å²) < 4.78 is 15.3. The number of rotatable bonds is 6. The minimum Gasteiger partial charge on any atom is -0.490 e. The van der Waals surface area contributed by atoms with E-state index in [-0.39, 0.29) is 24.1 Å². The summed E-state index contributed by atoms with van der Waals surface area (Å²) in [6.07, 6.45) is 1.06. The number of aromatic nitrogens is 3. The van der Waals surface area contributed by atoms with E-state index in [1.54, 1.807) is 0 Å². The van der Waals surface area contributed by atoms with Crippen molar-refractivity contribution in [1.29, 1.82) is 0 Å². The zero-order valence-corrected chi connectivity index (χ0v) is 13.2. The van der Waals surface area contributed by atoms with Gasteiger partial charge in [-0.05, 0) is 12.1 Å². The van der Waals surface area contributed by atoms with Gasteiger partial charge in [0.1, 0.15) is 18.6 Å². The Bertz CT molecular complexity index is 920. The van der Waals surface area contributed by atoms with E-state index in [2.05, 4.69) is 20.5 Å². The summed E-state index contributed by atoms with van der Waals surface area (Å²) in [7, 11) is 1.33. The van der Waals surface area contributed by atoms with E-state index in [1.807, 2.05) is 30.3 Å². The number of methoxy groups -OCH3 is 1. The molecule has 0 fully saturated rings. The SMILES string of the molecule is COc1coc(C(=O)Nc2n[nH]c(COc3ccccc3)n2)cc1=O. The molecule has 1 amide bonds. The predicted octanol–water partition coefficient (Wildman–Crippen LogP) is 1.60. The molecule has 3 aromatic rings. The van der Waals surface area contributed by atoms with Gasteiger partial charge in [-0.25, -0.2) is 0 Å². The second kappa shape index (κ2) is 7.30. The summed E-state index contributed by atoms with van der Waals surface area (Å²) in [5.74, 6) is 0.316. The molecule has 0 spiro atoms. The fraction of sp³-hybridized carbons (Fsp3) is 0.125. The zero-order chi connectivity index (χ0) is 17.6. The third kappa shape index (κ3) is 4.02. The van der Waals surface area contributed by atoms with E-state index in [4.69, 9.17) is 13.9 Å². The van der Waals surface area contributed by atoms with Gasteiger partial charge in [-0.2, -0.15) is 4.98 Å². The van der Waals surface area contributed by atoms with Crippen LogP contribution in [0.15, 0.2) is 51.9 Å². The molecule has 2 aromatic heterocycles. The van der Waals surface area contributed by atoms with Gasteiger partial charge in [0, 0.05) is 6.07 Å². The molecule has 0 aliphatic carbocycles. The number of hydrogen-bond donors (Lipinski definition) is 2. The summed E-state index contributed by atoms with van der Waals surface area (Å²) in [5, 5.41) is 8.93. The Labute approximate surface area is 141 Å². The van der Waals surface area contributed by atoms with Gasteiger partial charge < -0.3 is 13.9 Å². The van der Waals surface area contributed by atoms with Crippen LogP contribution >= 0.6 is 0 Å². The van der Waals surface area contributed by atoms with E-state index >= 15 is 0 Å². The molecule has 2 N–H and O–H groups in total. The van der Waals surface area contributed by atoms with Crippen LogP contribution in [0.5, 0.6) is 11.5 Å². The van der Waals surface area contributed by atoms with Crippen LogP contribution < -0.4 is 20.2 Å². The number of amides is 1. The Morgan fingerprint density at radius 3 is 2.84 bits per heavy atom. The predicted molar refractivity (Wildman–Crippen MR) is 86.6 cm³/mol. The molecule has 0 saturated carbocycles. The Kier molecular flexibility index (Phi) is 4.74. The molecular formula is C16H14N4O5. The van der Waals surface area contributed by atoms with Crippen LogP contribution in [0.3, 0.4) is 0 Å². The topological polar surface area (TPSA) is 119 Å². The average Bonchev–Trinajstić information content (AvgIpc) is 3.08. The number of para-hydroxylation sites is 1. The Morgan fingerprint density at radius 2 is 2.12 bits per heavy atom. The van der Waals surface area contributed by atoms with Gasteiger partial charge in [0.25, 0.3) is 5.91 Å². The number of nitrogens with one attached hydrogen (secondary N) is 2. The van der Waals surface area contributed by atoms with Crippen molar-refractivity contribution >= 4 is 11.9 Å². The zero-order valence-electron chi connectivity index (χ0n) is 13.2. The largest absolute Gasteiger partial charge is 0.490 e. The lowest BCUT2D eigenvalue weighted by Gasteiger charge is -2.02. The lowest BCUT2D eigenvalue weighted by molar-refractivity contribution is 0.0993. The second-order valence-electron chi connectivity index (χ2n) is 4.84. The lowest BCUT2D eigenvalue weighted by Crippen LogP contribution is -2.16. The first-order chi connectivity index (χ1) is 12.2. The average molecular weight is 342 g/mol. The quantitative estimate of drug-likeness (QED) is 0.698. The molecule has 1 aromatic carbocycles. The van der Waals surface area contributed by atoms with Gasteiger partial charge >= 0.3 is 0 Å². The number of ether oxygens (including phenoxy) is 2. The number of carbonyl (C=O) groups excluding carboxylic acids is 1. The van der Waals surface area contributed by atoms with Crippen LogP contribution in [0.2, 0.25) is 0 Å². The molecule has 9 nitrogen and oxygen atoms in total. The summed E-state index contributed by atoms with van der Waals surface area (Å²) >= 11 is 0. The van der Waals surface area contributed by atoms with Crippen molar-refractivity contribution in [1.82, 2.24) is 15.2 Å². The van der Waals surface area contributed by atoms with Crippen LogP contribution in [-0.2, 0) is 6.61 Å². The van der Waals surface area contributed by atoms with Gasteiger partial charge in [0.2, 0.25) is 17.1 Å². The molecule has 0 radical (unpaired) electrons. The summed E-state index contributed by atoms with van der Waals surface area (Å²) in [6.45, 7) is 0.157. The third-order valence-corrected chi connectivity index (χ3v) is 3.12. The minimum atomic E-state index is -0.658. The molecule has 0 atom stereocenters. The molecule has 25 heavy (non-hydrogen) atoms. The van der Waals surface area contributed by atoms with Gasteiger partial charge in [0.15, 0.2) is 11.6 Å². The second-order valence-corrected chi connectivity index (χ2v) is 4.84. The van der Waals surface area contributed by atoms with Crippen molar-refractivity contribution < 1.29 is 18.7 Å². The number of hydrogen-bond acceptors (Lipinski definition) is 7. The minimum absolute atomic E-state index is 0.00907. The monoisotopic (exact) mass is 342 g/mol. The summed E-state index contributed by atoms with van der Waals surface area (Å²) in [4.78, 5) is 27.8. The molecule has 3 rings (SSSR count). The van der Waals surface area contributed by atoms with Crippen LogP contribution in [0.25, 0.3) is 0 Å². The summed E-state index contributed by atoms with van der Waals surface area (Å²) in [6, 6.07) is 10.2. The van der Waals surface area contributed by atoms with Gasteiger partial charge in [0.05, 0.1) is 7.11 Å². The smallest absolute Gasteiger partial charge is 0.293 e. The normalized spacial score (nSPS) is 10.3. The molecule has 0 unspecified atom stereocenters. The molecule has 0 aliphatic rings. The summed E-state index contributed by atoms with van der Waals surface area (Å²) in [5.41, 5.74) is -0.467. The maximum atomic E-state index is 12.0. The van der Waals surface area contributed by atoms with Gasteiger partial charge in [-0.1, -0.05) is 18.2 Å². The highest BCUT2D eigenvalue weighted by molar-refractivity contribution is 6.01. The van der Waals surface area contributed by atoms with Crippen molar-refractivity contribution in [3.8, 4) is 11.5 Å². The van der Waals surface area contributed by atoms with Crippen LogP contribution in [-0.4, -0.2) is 28.2 Å². The number of benzene rings is 1. The van der Waals surface area contributed by atoms with E-state index in [1.165, 1.54) is 7.11 Å². The Hall–Kier alpha value is -3.62. The fourth-order valence-electron chi connectivity index (χ4n) is 1.91. The highest BCUT2D eigenvalue weighted by Gasteiger charge is 2.14. The van der Waals surface area contributed by atoms with E-state index in [0.29, 0.717) is 11.6 Å². The lowest BCUT2D eigenvalue weighted by atomic mass is 10.3. The number of carbonyl (C=O) groups is 1. The Morgan fingerprint density at radius 1 is 1.32 bits per heavy atom. The molecule has 128 valence electrons. The number of H-pyrrole nitrogens is 1. The fourth-order valence-corrected chi connectivity index (χ4v) is 1.91. The van der Waals surface area contributed by atoms with Crippen LogP contribution in [0, 0.1) is 0 Å². The van der Waals surface area contributed by atoms with E-state index in [9.17, 15) is 9.59 Å². The molecular weight excluding hydrogens is 328 g/mol. The van der Waals surface area contributed by atoms with Crippen molar-refractivity contribution in [2.24, 2.45) is 0 Å². The number of nitrogens with zero attached hydrogens (tertiary/aromatic N) is 2. The van der Waals surface area contributed by atoms with Crippen LogP contribution in [0.1, 0.15) is 16.4 Å². The van der Waals surface area contributed by atoms with Crippen molar-refractivity contribution in [3.63, 3.8) is 0 Å². The highest BCUT2D eigenvalue weighted by Crippen LogP contribution is 2.11. The molecule has 0 bridgehead atoms. The van der Waals surface area contributed by atoms with E-state index in [0.717, 1.165) is 12.3 Å². The molecule has 9 heteroatoms. The molecule has 0 aliphatic heterocycles. The van der Waals surface area contributed by atoms with Crippen LogP contribution in [0.4, 0.5) is 5.95 Å². The Balaban J connectivity index is 1.62. The number of anilines is 1. The first kappa shape index (κ1) is 16.2. The maximum absolute atomic E-state index is 12.0. The molecule has 0 saturated heterocycles. The van der Waals surface area contributed by atoms with E-state index < -0.39 is 11.3 Å². The number of aromatic amines is 1. The molecule has 2 heterocycles. The third-order valence-electron chi connectivity index (χ3n) is 3.12. The van der Waals surface area contributed by atoms with Crippen molar-refractivity contribution in [3.05, 3.63) is 64.5 Å². The van der Waals surface area contributed by atoms with Gasteiger partial charge in [-0.15, -0.1) is 5.10 Å². The first-order valence-corrected chi connectivity index (χ1v) is 7.23. The van der Waals surface area contributed by atoms with Gasteiger partial charge in [-0.3, -0.25) is 20.0 Å². The van der Waals surface area contributed by atoms with Crippen molar-refractivity contribution in [2.75, 3.05) is 12.4 Å². The maximum Gasteiger partial charge on any atom is 0.293 e. The standard InChI is InChI=1S/C16H14N4O5/c1-23-13-8-25-12(7-11(13)21)15(22)18-16-17-14(19-20-16)9-24-10-5-3-2-4-6-10/h2-8H,9H2,1H3,(H2,17,18,19,20,22). The highest BCUT2D eigenvalue weighted by atomic mass is 16.5.